The van der Waals surface area contributed by atoms with E-state index in [1.54, 1.807) is 0 Å². The number of nitrogens with zero attached hydrogens (tertiary/aromatic N) is 3. The van der Waals surface area contributed by atoms with Gasteiger partial charge in [-0.05, 0) is 23.4 Å². The molecule has 5 nitrogen and oxygen atoms in total. The molecule has 0 N–H and O–H groups in total. The van der Waals surface area contributed by atoms with Gasteiger partial charge in [0, 0.05) is 32.7 Å². The van der Waals surface area contributed by atoms with Crippen LogP contribution in [-0.2, 0) is 11.2 Å². The third-order valence-electron chi connectivity index (χ3n) is 3.89. The molecule has 6 heteroatoms. The maximum Gasteiger partial charge on any atom is 0.264 e. The van der Waals surface area contributed by atoms with Gasteiger partial charge in [0.1, 0.15) is 0 Å². The van der Waals surface area contributed by atoms with Gasteiger partial charge in [0.05, 0.1) is 30.6 Å². The van der Waals surface area contributed by atoms with Gasteiger partial charge in [0.2, 0.25) is 0 Å². The van der Waals surface area contributed by atoms with Crippen molar-refractivity contribution < 1.29 is 9.53 Å². The van der Waals surface area contributed by atoms with Crippen LogP contribution in [0, 0.1) is 11.3 Å². The zero-order valence-electron chi connectivity index (χ0n) is 13.1. The fourth-order valence-electron chi connectivity index (χ4n) is 2.53. The van der Waals surface area contributed by atoms with E-state index in [4.69, 9.17) is 10.00 Å². The van der Waals surface area contributed by atoms with Gasteiger partial charge in [-0.25, -0.2) is 0 Å². The molecule has 1 saturated heterocycles. The molecule has 2 heterocycles. The minimum absolute atomic E-state index is 0.0651. The molecule has 1 aromatic rings. The number of morpholine rings is 1. The van der Waals surface area contributed by atoms with Crippen LogP contribution in [0.25, 0.3) is 0 Å². The molecule has 0 aromatic carbocycles. The van der Waals surface area contributed by atoms with Gasteiger partial charge in [0.25, 0.3) is 5.91 Å². The van der Waals surface area contributed by atoms with E-state index in [9.17, 15) is 4.79 Å². The highest BCUT2D eigenvalue weighted by molar-refractivity contribution is 7.12. The second kappa shape index (κ2) is 8.89. The van der Waals surface area contributed by atoms with Crippen LogP contribution in [0.5, 0.6) is 0 Å². The van der Waals surface area contributed by atoms with Crippen LogP contribution < -0.4 is 0 Å². The lowest BCUT2D eigenvalue weighted by Crippen LogP contribution is -2.43. The predicted molar refractivity (Wildman–Crippen MR) is 87.1 cm³/mol. The second-order valence-corrected chi connectivity index (χ2v) is 6.20. The first kappa shape index (κ1) is 16.9. The Bertz CT molecular complexity index is 518. The first-order chi connectivity index (χ1) is 10.8. The fourth-order valence-corrected chi connectivity index (χ4v) is 3.49. The molecule has 1 aliphatic rings. The van der Waals surface area contributed by atoms with Crippen molar-refractivity contribution >= 4 is 17.2 Å². The van der Waals surface area contributed by atoms with E-state index in [1.807, 2.05) is 16.3 Å². The molecule has 0 saturated carbocycles. The van der Waals surface area contributed by atoms with Gasteiger partial charge >= 0.3 is 0 Å². The van der Waals surface area contributed by atoms with Gasteiger partial charge in [0.15, 0.2) is 0 Å². The van der Waals surface area contributed by atoms with Crippen LogP contribution in [0.1, 0.15) is 28.6 Å². The van der Waals surface area contributed by atoms with Crippen LogP contribution in [0.4, 0.5) is 0 Å². The molecule has 1 aromatic heterocycles. The standard InChI is InChI=1S/C16H23N3O2S/c1-2-14-4-13-22-15(14)16(20)19(6-3-5-17)8-7-18-9-11-21-12-10-18/h4,13H,2-3,6-12H2,1H3. The minimum atomic E-state index is 0.0651. The van der Waals surface area contributed by atoms with Crippen molar-refractivity contribution in [2.24, 2.45) is 0 Å². The van der Waals surface area contributed by atoms with Crippen molar-refractivity contribution in [2.45, 2.75) is 19.8 Å². The summed E-state index contributed by atoms with van der Waals surface area (Å²) in [7, 11) is 0. The highest BCUT2D eigenvalue weighted by Crippen LogP contribution is 2.19. The normalized spacial score (nSPS) is 15.5. The van der Waals surface area contributed by atoms with E-state index in [0.717, 1.165) is 49.7 Å². The molecule has 22 heavy (non-hydrogen) atoms. The summed E-state index contributed by atoms with van der Waals surface area (Å²) >= 11 is 1.50. The molecule has 1 fully saturated rings. The molecule has 0 radical (unpaired) electrons. The van der Waals surface area contributed by atoms with Gasteiger partial charge in [-0.15, -0.1) is 11.3 Å². The van der Waals surface area contributed by atoms with E-state index in [1.165, 1.54) is 11.3 Å². The van der Waals surface area contributed by atoms with Gasteiger partial charge < -0.3 is 9.64 Å². The lowest BCUT2D eigenvalue weighted by Gasteiger charge is -2.29. The summed E-state index contributed by atoms with van der Waals surface area (Å²) in [4.78, 5) is 17.7. The highest BCUT2D eigenvalue weighted by Gasteiger charge is 2.20. The van der Waals surface area contributed by atoms with E-state index in [2.05, 4.69) is 17.9 Å². The Morgan fingerprint density at radius 1 is 1.45 bits per heavy atom. The second-order valence-electron chi connectivity index (χ2n) is 5.28. The van der Waals surface area contributed by atoms with Crippen molar-refractivity contribution in [3.63, 3.8) is 0 Å². The zero-order chi connectivity index (χ0) is 15.8. The molecular formula is C16H23N3O2S. The van der Waals surface area contributed by atoms with Crippen LogP contribution in [0.3, 0.4) is 0 Å². The number of nitriles is 1. The summed E-state index contributed by atoms with van der Waals surface area (Å²) in [5.74, 6) is 0.0651. The molecule has 1 amide bonds. The Labute approximate surface area is 136 Å². The topological polar surface area (TPSA) is 56.6 Å². The van der Waals surface area contributed by atoms with Crippen molar-refractivity contribution in [3.8, 4) is 6.07 Å². The molecule has 0 unspecified atom stereocenters. The SMILES string of the molecule is CCc1ccsc1C(=O)N(CCC#N)CCN1CCOCC1. The Morgan fingerprint density at radius 2 is 2.23 bits per heavy atom. The summed E-state index contributed by atoms with van der Waals surface area (Å²) in [6.45, 7) is 7.43. The number of aryl methyl sites for hydroxylation is 1. The van der Waals surface area contributed by atoms with E-state index >= 15 is 0 Å². The predicted octanol–water partition coefficient (Wildman–Crippen LogP) is 2.00. The smallest absolute Gasteiger partial charge is 0.264 e. The monoisotopic (exact) mass is 321 g/mol. The lowest BCUT2D eigenvalue weighted by molar-refractivity contribution is 0.0326. The molecule has 0 bridgehead atoms. The maximum atomic E-state index is 12.7. The number of thiophene rings is 1. The average molecular weight is 321 g/mol. The zero-order valence-corrected chi connectivity index (χ0v) is 13.9. The summed E-state index contributed by atoms with van der Waals surface area (Å²) in [6.07, 6.45) is 1.24. The Kier molecular flexibility index (Phi) is 6.84. The van der Waals surface area contributed by atoms with Crippen molar-refractivity contribution in [2.75, 3.05) is 45.9 Å². The minimum Gasteiger partial charge on any atom is -0.379 e. The quantitative estimate of drug-likeness (QED) is 0.771. The maximum absolute atomic E-state index is 12.7. The number of amides is 1. The number of hydrogen-bond acceptors (Lipinski definition) is 5. The van der Waals surface area contributed by atoms with Gasteiger partial charge in [-0.2, -0.15) is 5.26 Å². The number of hydrogen-bond donors (Lipinski definition) is 0. The van der Waals surface area contributed by atoms with Crippen molar-refractivity contribution in [1.29, 1.82) is 5.26 Å². The van der Waals surface area contributed by atoms with E-state index in [-0.39, 0.29) is 5.91 Å². The van der Waals surface area contributed by atoms with Crippen LogP contribution in [-0.4, -0.2) is 61.6 Å². The number of carbonyl (C=O) groups excluding carboxylic acids is 1. The Hall–Kier alpha value is -1.42. The van der Waals surface area contributed by atoms with Gasteiger partial charge in [-0.3, -0.25) is 9.69 Å². The Morgan fingerprint density at radius 3 is 2.91 bits per heavy atom. The third kappa shape index (κ3) is 4.54. The average Bonchev–Trinajstić information content (AvgIpc) is 3.04. The van der Waals surface area contributed by atoms with E-state index < -0.39 is 0 Å². The third-order valence-corrected chi connectivity index (χ3v) is 4.84. The number of ether oxygens (including phenoxy) is 1. The van der Waals surface area contributed by atoms with Crippen molar-refractivity contribution in [1.82, 2.24) is 9.80 Å². The lowest BCUT2D eigenvalue weighted by atomic mass is 10.2. The molecule has 1 aliphatic heterocycles. The molecule has 120 valence electrons. The summed E-state index contributed by atoms with van der Waals surface area (Å²) in [5, 5.41) is 10.8. The molecule has 2 rings (SSSR count). The fraction of sp³-hybridized carbons (Fsp3) is 0.625. The van der Waals surface area contributed by atoms with Crippen molar-refractivity contribution in [3.05, 3.63) is 21.9 Å². The van der Waals surface area contributed by atoms with Crippen LogP contribution >= 0.6 is 11.3 Å². The van der Waals surface area contributed by atoms with E-state index in [0.29, 0.717) is 19.5 Å². The molecule has 0 atom stereocenters. The van der Waals surface area contributed by atoms with Crippen LogP contribution in [0.15, 0.2) is 11.4 Å². The number of rotatable bonds is 7. The largest absolute Gasteiger partial charge is 0.379 e. The number of carbonyl (C=O) groups is 1. The summed E-state index contributed by atoms with van der Waals surface area (Å²) in [6, 6.07) is 4.16. The molecule has 0 aliphatic carbocycles. The first-order valence-electron chi connectivity index (χ1n) is 7.79. The Balaban J connectivity index is 1.98. The highest BCUT2D eigenvalue weighted by atomic mass is 32.1. The first-order valence-corrected chi connectivity index (χ1v) is 8.67. The molecular weight excluding hydrogens is 298 g/mol. The molecule has 0 spiro atoms. The summed E-state index contributed by atoms with van der Waals surface area (Å²) in [5.41, 5.74) is 1.10. The summed E-state index contributed by atoms with van der Waals surface area (Å²) < 4.78 is 5.34. The van der Waals surface area contributed by atoms with Gasteiger partial charge in [-0.1, -0.05) is 6.92 Å². The van der Waals surface area contributed by atoms with Crippen LogP contribution in [0.2, 0.25) is 0 Å².